The average Bonchev–Trinajstić information content (AvgIpc) is 2.42. The summed E-state index contributed by atoms with van der Waals surface area (Å²) in [5.41, 5.74) is 0. The van der Waals surface area contributed by atoms with Gasteiger partial charge in [-0.3, -0.25) is 0 Å². The first-order valence-corrected chi connectivity index (χ1v) is 5.75. The lowest BCUT2D eigenvalue weighted by molar-refractivity contribution is 0.273. The Hall–Kier alpha value is -1.84. The molecule has 0 fully saturated rings. The first kappa shape index (κ1) is 12.6. The quantitative estimate of drug-likeness (QED) is 0.783. The van der Waals surface area contributed by atoms with E-state index >= 15 is 0 Å². The Bertz CT molecular complexity index is 467. The van der Waals surface area contributed by atoms with Crippen LogP contribution in [-0.4, -0.2) is 26.6 Å². The van der Waals surface area contributed by atoms with Gasteiger partial charge in [-0.2, -0.15) is 0 Å². The second kappa shape index (κ2) is 6.19. The van der Waals surface area contributed by atoms with E-state index in [0.717, 1.165) is 10.8 Å². The molecule has 2 rings (SSSR count). The molecule has 0 saturated carbocycles. The van der Waals surface area contributed by atoms with Crippen molar-refractivity contribution in [2.75, 3.05) is 26.6 Å². The number of ether oxygens (including phenoxy) is 2. The molecule has 0 atom stereocenters. The van der Waals surface area contributed by atoms with Gasteiger partial charge in [0.05, 0.1) is 0 Å². The first-order chi connectivity index (χ1) is 8.83. The maximum Gasteiger partial charge on any atom is 0.123 e. The Morgan fingerprint density at radius 1 is 0.722 bits per heavy atom. The Morgan fingerprint density at radius 2 is 1.17 bits per heavy atom. The fourth-order valence-corrected chi connectivity index (χ4v) is 1.69. The number of hydrogen-bond acceptors (Lipinski definition) is 2. The molecule has 0 amide bonds. The van der Waals surface area contributed by atoms with E-state index in [2.05, 4.69) is 0 Å². The fourth-order valence-electron chi connectivity index (χ4n) is 1.69. The second-order valence-corrected chi connectivity index (χ2v) is 3.75. The van der Waals surface area contributed by atoms with Crippen LogP contribution in [0.15, 0.2) is 36.4 Å². The standard InChI is InChI=1S/C14H14F2O2/c15-5-7-17-13-3-1-11-9-14(18-8-6-16)4-2-12(11)10-13/h1-4,9-10H,5-8H2. The van der Waals surface area contributed by atoms with E-state index < -0.39 is 13.3 Å². The molecule has 96 valence electrons. The lowest BCUT2D eigenvalue weighted by Gasteiger charge is -2.07. The van der Waals surface area contributed by atoms with Gasteiger partial charge in [0.15, 0.2) is 0 Å². The van der Waals surface area contributed by atoms with Gasteiger partial charge in [0.2, 0.25) is 0 Å². The van der Waals surface area contributed by atoms with Gasteiger partial charge >= 0.3 is 0 Å². The van der Waals surface area contributed by atoms with Crippen LogP contribution in [-0.2, 0) is 0 Å². The van der Waals surface area contributed by atoms with Gasteiger partial charge in [0, 0.05) is 0 Å². The van der Waals surface area contributed by atoms with E-state index in [-0.39, 0.29) is 13.2 Å². The monoisotopic (exact) mass is 252 g/mol. The summed E-state index contributed by atoms with van der Waals surface area (Å²) in [5.74, 6) is 1.27. The lowest BCUT2D eigenvalue weighted by atomic mass is 10.1. The van der Waals surface area contributed by atoms with Crippen LogP contribution in [0.5, 0.6) is 11.5 Å². The Morgan fingerprint density at radius 3 is 1.56 bits per heavy atom. The van der Waals surface area contributed by atoms with Crippen LogP contribution < -0.4 is 9.47 Å². The molecule has 2 aromatic carbocycles. The molecule has 2 aromatic rings. The van der Waals surface area contributed by atoms with Gasteiger partial charge in [0.1, 0.15) is 38.1 Å². The van der Waals surface area contributed by atoms with E-state index in [9.17, 15) is 8.78 Å². The normalized spacial score (nSPS) is 10.6. The molecule has 18 heavy (non-hydrogen) atoms. The van der Waals surface area contributed by atoms with Crippen LogP contribution in [0.2, 0.25) is 0 Å². The molecule has 0 spiro atoms. The molecule has 0 aliphatic rings. The summed E-state index contributed by atoms with van der Waals surface area (Å²) in [5, 5.41) is 1.94. The maximum atomic E-state index is 12.0. The highest BCUT2D eigenvalue weighted by molar-refractivity contribution is 5.85. The average molecular weight is 252 g/mol. The summed E-state index contributed by atoms with van der Waals surface area (Å²) in [4.78, 5) is 0. The summed E-state index contributed by atoms with van der Waals surface area (Å²) in [6, 6.07) is 11.0. The topological polar surface area (TPSA) is 18.5 Å². The van der Waals surface area contributed by atoms with Crippen molar-refractivity contribution in [3.05, 3.63) is 36.4 Å². The van der Waals surface area contributed by atoms with Gasteiger partial charge in [-0.25, -0.2) is 8.78 Å². The molecule has 0 aromatic heterocycles. The highest BCUT2D eigenvalue weighted by Crippen LogP contribution is 2.25. The third-order valence-electron chi connectivity index (χ3n) is 2.47. The smallest absolute Gasteiger partial charge is 0.123 e. The van der Waals surface area contributed by atoms with Crippen molar-refractivity contribution in [1.82, 2.24) is 0 Å². The molecule has 0 bridgehead atoms. The van der Waals surface area contributed by atoms with Crippen LogP contribution in [0.25, 0.3) is 10.8 Å². The molecule has 0 heterocycles. The molecule has 2 nitrogen and oxygen atoms in total. The first-order valence-electron chi connectivity index (χ1n) is 5.75. The van der Waals surface area contributed by atoms with E-state index in [4.69, 9.17) is 9.47 Å². The van der Waals surface area contributed by atoms with Gasteiger partial charge < -0.3 is 9.47 Å². The minimum absolute atomic E-state index is 0.0587. The molecular weight excluding hydrogens is 238 g/mol. The third kappa shape index (κ3) is 3.09. The molecule has 0 unspecified atom stereocenters. The van der Waals surface area contributed by atoms with Gasteiger partial charge in [-0.15, -0.1) is 0 Å². The summed E-state index contributed by atoms with van der Waals surface area (Å²) >= 11 is 0. The Balaban J connectivity index is 2.19. The molecule has 0 aliphatic carbocycles. The van der Waals surface area contributed by atoms with Crippen molar-refractivity contribution in [3.63, 3.8) is 0 Å². The molecule has 0 saturated heterocycles. The van der Waals surface area contributed by atoms with Gasteiger partial charge in [-0.05, 0) is 35.0 Å². The van der Waals surface area contributed by atoms with Crippen molar-refractivity contribution in [2.24, 2.45) is 0 Å². The zero-order chi connectivity index (χ0) is 12.8. The van der Waals surface area contributed by atoms with Crippen LogP contribution in [0.1, 0.15) is 0 Å². The number of alkyl halides is 2. The van der Waals surface area contributed by atoms with Crippen LogP contribution >= 0.6 is 0 Å². The minimum Gasteiger partial charge on any atom is -0.491 e. The minimum atomic E-state index is -0.506. The lowest BCUT2D eigenvalue weighted by Crippen LogP contribution is -1.99. The molecular formula is C14H14F2O2. The number of fused-ring (bicyclic) bond motifs is 1. The SMILES string of the molecule is FCCOc1ccc2cc(OCCF)ccc2c1. The molecule has 4 heteroatoms. The highest BCUT2D eigenvalue weighted by Gasteiger charge is 2.00. The number of rotatable bonds is 6. The van der Waals surface area contributed by atoms with Crippen molar-refractivity contribution >= 4 is 10.8 Å². The molecule has 0 N–H and O–H groups in total. The van der Waals surface area contributed by atoms with Crippen LogP contribution in [0.4, 0.5) is 8.78 Å². The number of benzene rings is 2. The van der Waals surface area contributed by atoms with Gasteiger partial charge in [0.25, 0.3) is 0 Å². The summed E-state index contributed by atoms with van der Waals surface area (Å²) in [6.45, 7) is -0.894. The van der Waals surface area contributed by atoms with E-state index in [1.807, 2.05) is 24.3 Å². The predicted octanol–water partition coefficient (Wildman–Crippen LogP) is 3.54. The fraction of sp³-hybridized carbons (Fsp3) is 0.286. The molecule has 0 radical (unpaired) electrons. The number of hydrogen-bond donors (Lipinski definition) is 0. The number of halogens is 2. The van der Waals surface area contributed by atoms with Crippen molar-refractivity contribution in [3.8, 4) is 11.5 Å². The molecule has 0 aliphatic heterocycles. The Labute approximate surface area is 104 Å². The largest absolute Gasteiger partial charge is 0.491 e. The highest BCUT2D eigenvalue weighted by atomic mass is 19.1. The zero-order valence-corrected chi connectivity index (χ0v) is 9.86. The van der Waals surface area contributed by atoms with Crippen molar-refractivity contribution in [1.29, 1.82) is 0 Å². The summed E-state index contributed by atoms with van der Waals surface area (Å²) in [7, 11) is 0. The Kier molecular flexibility index (Phi) is 4.34. The van der Waals surface area contributed by atoms with Crippen molar-refractivity contribution in [2.45, 2.75) is 0 Å². The summed E-state index contributed by atoms with van der Waals surface area (Å²) < 4.78 is 34.4. The van der Waals surface area contributed by atoms with Crippen LogP contribution in [0.3, 0.4) is 0 Å². The third-order valence-corrected chi connectivity index (χ3v) is 2.47. The van der Waals surface area contributed by atoms with Crippen LogP contribution in [0, 0.1) is 0 Å². The van der Waals surface area contributed by atoms with E-state index in [0.29, 0.717) is 11.5 Å². The summed E-state index contributed by atoms with van der Waals surface area (Å²) in [6.07, 6.45) is 0. The zero-order valence-electron chi connectivity index (χ0n) is 9.86. The van der Waals surface area contributed by atoms with Gasteiger partial charge in [-0.1, -0.05) is 12.1 Å². The van der Waals surface area contributed by atoms with E-state index in [1.165, 1.54) is 0 Å². The second-order valence-electron chi connectivity index (χ2n) is 3.75. The van der Waals surface area contributed by atoms with Crippen molar-refractivity contribution < 1.29 is 18.3 Å². The maximum absolute atomic E-state index is 12.0. The van der Waals surface area contributed by atoms with E-state index in [1.54, 1.807) is 12.1 Å². The predicted molar refractivity (Wildman–Crippen MR) is 66.9 cm³/mol.